The van der Waals surface area contributed by atoms with Crippen LogP contribution >= 0.6 is 11.3 Å². The molecule has 2 aromatic heterocycles. The molecule has 0 aliphatic rings. The summed E-state index contributed by atoms with van der Waals surface area (Å²) in [5.74, 6) is 0.797. The van der Waals surface area contributed by atoms with Crippen LogP contribution < -0.4 is 5.32 Å². The molecule has 0 unspecified atom stereocenters. The quantitative estimate of drug-likeness (QED) is 0.795. The summed E-state index contributed by atoms with van der Waals surface area (Å²) < 4.78 is 4.97. The predicted molar refractivity (Wildman–Crippen MR) is 68.9 cm³/mol. The number of methoxy groups -OCH3 is 1. The maximum atomic E-state index is 4.97. The Balaban J connectivity index is 1.97. The average molecular weight is 249 g/mol. The standard InChI is InChI=1S/C12H15N3OS/c1-16-7-6-13-9-10-4-5-14-12(15-10)11-3-2-8-17-11/h2-5,8,13H,6-7,9H2,1H3. The minimum atomic E-state index is 0.711. The van der Waals surface area contributed by atoms with Gasteiger partial charge in [-0.1, -0.05) is 6.07 Å². The summed E-state index contributed by atoms with van der Waals surface area (Å²) in [6.07, 6.45) is 1.80. The second-order valence-electron chi connectivity index (χ2n) is 3.52. The summed E-state index contributed by atoms with van der Waals surface area (Å²) >= 11 is 1.65. The van der Waals surface area contributed by atoms with Crippen molar-refractivity contribution in [3.8, 4) is 10.7 Å². The number of aromatic nitrogens is 2. The van der Waals surface area contributed by atoms with Crippen LogP contribution in [0.5, 0.6) is 0 Å². The average Bonchev–Trinajstić information content (AvgIpc) is 2.89. The molecule has 0 atom stereocenters. The number of nitrogens with one attached hydrogen (secondary N) is 1. The lowest BCUT2D eigenvalue weighted by Gasteiger charge is -2.04. The summed E-state index contributed by atoms with van der Waals surface area (Å²) in [4.78, 5) is 9.88. The zero-order valence-corrected chi connectivity index (χ0v) is 10.5. The van der Waals surface area contributed by atoms with E-state index in [1.54, 1.807) is 24.6 Å². The van der Waals surface area contributed by atoms with E-state index in [0.717, 1.165) is 29.5 Å². The SMILES string of the molecule is COCCNCc1ccnc(-c2cccs2)n1. The maximum Gasteiger partial charge on any atom is 0.169 e. The highest BCUT2D eigenvalue weighted by atomic mass is 32.1. The van der Waals surface area contributed by atoms with Crippen LogP contribution in [-0.4, -0.2) is 30.2 Å². The molecule has 0 bridgehead atoms. The zero-order chi connectivity index (χ0) is 11.9. The molecule has 17 heavy (non-hydrogen) atoms. The second-order valence-corrected chi connectivity index (χ2v) is 4.47. The van der Waals surface area contributed by atoms with E-state index >= 15 is 0 Å². The van der Waals surface area contributed by atoms with E-state index in [0.29, 0.717) is 6.61 Å². The minimum absolute atomic E-state index is 0.711. The third-order valence-electron chi connectivity index (χ3n) is 2.24. The van der Waals surface area contributed by atoms with Crippen LogP contribution in [-0.2, 0) is 11.3 Å². The normalized spacial score (nSPS) is 10.6. The molecule has 0 radical (unpaired) electrons. The van der Waals surface area contributed by atoms with Gasteiger partial charge in [0.15, 0.2) is 5.82 Å². The Morgan fingerprint density at radius 2 is 2.35 bits per heavy atom. The van der Waals surface area contributed by atoms with Crippen molar-refractivity contribution in [3.63, 3.8) is 0 Å². The topological polar surface area (TPSA) is 47.0 Å². The summed E-state index contributed by atoms with van der Waals surface area (Å²) in [6.45, 7) is 2.28. The molecule has 1 N–H and O–H groups in total. The van der Waals surface area contributed by atoms with Crippen LogP contribution in [0, 0.1) is 0 Å². The Kier molecular flexibility index (Phi) is 4.61. The Bertz CT molecular complexity index is 445. The van der Waals surface area contributed by atoms with Crippen molar-refractivity contribution in [1.82, 2.24) is 15.3 Å². The lowest BCUT2D eigenvalue weighted by atomic mass is 10.3. The number of nitrogens with zero attached hydrogens (tertiary/aromatic N) is 2. The fraction of sp³-hybridized carbons (Fsp3) is 0.333. The predicted octanol–water partition coefficient (Wildman–Crippen LogP) is 1.94. The van der Waals surface area contributed by atoms with Crippen LogP contribution in [0.1, 0.15) is 5.69 Å². The molecule has 4 nitrogen and oxygen atoms in total. The Hall–Kier alpha value is -1.30. The third kappa shape index (κ3) is 3.59. The van der Waals surface area contributed by atoms with Gasteiger partial charge >= 0.3 is 0 Å². The number of hydrogen-bond acceptors (Lipinski definition) is 5. The van der Waals surface area contributed by atoms with Crippen molar-refractivity contribution in [1.29, 1.82) is 0 Å². The number of ether oxygens (including phenoxy) is 1. The van der Waals surface area contributed by atoms with Crippen LogP contribution in [0.25, 0.3) is 10.7 Å². The van der Waals surface area contributed by atoms with Gasteiger partial charge in [-0.3, -0.25) is 0 Å². The van der Waals surface area contributed by atoms with Crippen LogP contribution in [0.15, 0.2) is 29.8 Å². The van der Waals surface area contributed by atoms with Gasteiger partial charge in [0, 0.05) is 26.4 Å². The molecule has 0 aliphatic carbocycles. The first-order valence-electron chi connectivity index (χ1n) is 5.45. The van der Waals surface area contributed by atoms with E-state index < -0.39 is 0 Å². The molecule has 0 fully saturated rings. The van der Waals surface area contributed by atoms with Gasteiger partial charge in [-0.15, -0.1) is 11.3 Å². The van der Waals surface area contributed by atoms with Crippen LogP contribution in [0.3, 0.4) is 0 Å². The Labute approximate surface area is 105 Å². The van der Waals surface area contributed by atoms with Crippen LogP contribution in [0.2, 0.25) is 0 Å². The highest BCUT2D eigenvalue weighted by Gasteiger charge is 2.02. The van der Waals surface area contributed by atoms with Crippen molar-refractivity contribution in [2.75, 3.05) is 20.3 Å². The minimum Gasteiger partial charge on any atom is -0.383 e. The van der Waals surface area contributed by atoms with Gasteiger partial charge < -0.3 is 10.1 Å². The molecule has 0 aliphatic heterocycles. The molecule has 0 aromatic carbocycles. The van der Waals surface area contributed by atoms with Crippen molar-refractivity contribution >= 4 is 11.3 Å². The van der Waals surface area contributed by atoms with Gasteiger partial charge in [-0.2, -0.15) is 0 Å². The Morgan fingerprint density at radius 1 is 1.41 bits per heavy atom. The molecule has 5 heteroatoms. The smallest absolute Gasteiger partial charge is 0.169 e. The monoisotopic (exact) mass is 249 g/mol. The Morgan fingerprint density at radius 3 is 3.12 bits per heavy atom. The molecular weight excluding hydrogens is 234 g/mol. The highest BCUT2D eigenvalue weighted by molar-refractivity contribution is 7.13. The first-order chi connectivity index (χ1) is 8.40. The van der Waals surface area contributed by atoms with Crippen molar-refractivity contribution in [2.45, 2.75) is 6.54 Å². The second kappa shape index (κ2) is 6.44. The third-order valence-corrected chi connectivity index (χ3v) is 3.11. The molecule has 0 spiro atoms. The molecular formula is C12H15N3OS. The van der Waals surface area contributed by atoms with Crippen molar-refractivity contribution in [2.24, 2.45) is 0 Å². The van der Waals surface area contributed by atoms with E-state index in [2.05, 4.69) is 15.3 Å². The number of thiophene rings is 1. The van der Waals surface area contributed by atoms with Gasteiger partial charge in [0.1, 0.15) is 0 Å². The van der Waals surface area contributed by atoms with E-state index in [4.69, 9.17) is 4.74 Å². The molecule has 2 heterocycles. The molecule has 90 valence electrons. The van der Waals surface area contributed by atoms with Gasteiger partial charge in [0.05, 0.1) is 17.2 Å². The number of rotatable bonds is 6. The van der Waals surface area contributed by atoms with Gasteiger partial charge in [0.25, 0.3) is 0 Å². The molecule has 0 saturated carbocycles. The van der Waals surface area contributed by atoms with Gasteiger partial charge in [-0.05, 0) is 17.5 Å². The van der Waals surface area contributed by atoms with Gasteiger partial charge in [-0.25, -0.2) is 9.97 Å². The van der Waals surface area contributed by atoms with E-state index in [1.807, 2.05) is 23.6 Å². The first kappa shape index (κ1) is 12.2. The molecule has 0 amide bonds. The van der Waals surface area contributed by atoms with Crippen LogP contribution in [0.4, 0.5) is 0 Å². The fourth-order valence-corrected chi connectivity index (χ4v) is 2.07. The van der Waals surface area contributed by atoms with Gasteiger partial charge in [0.2, 0.25) is 0 Å². The fourth-order valence-electron chi connectivity index (χ4n) is 1.41. The molecule has 2 rings (SSSR count). The molecule has 0 saturated heterocycles. The summed E-state index contributed by atoms with van der Waals surface area (Å²) in [5, 5.41) is 5.29. The van der Waals surface area contributed by atoms with E-state index in [1.165, 1.54) is 0 Å². The van der Waals surface area contributed by atoms with E-state index in [-0.39, 0.29) is 0 Å². The van der Waals surface area contributed by atoms with Crippen molar-refractivity contribution < 1.29 is 4.74 Å². The number of hydrogen-bond donors (Lipinski definition) is 1. The summed E-state index contributed by atoms with van der Waals surface area (Å²) in [7, 11) is 1.70. The zero-order valence-electron chi connectivity index (χ0n) is 9.72. The summed E-state index contributed by atoms with van der Waals surface area (Å²) in [6, 6.07) is 5.96. The van der Waals surface area contributed by atoms with Crippen molar-refractivity contribution in [3.05, 3.63) is 35.5 Å². The largest absolute Gasteiger partial charge is 0.383 e. The van der Waals surface area contributed by atoms with E-state index in [9.17, 15) is 0 Å². The summed E-state index contributed by atoms with van der Waals surface area (Å²) in [5.41, 5.74) is 1.000. The highest BCUT2D eigenvalue weighted by Crippen LogP contribution is 2.20. The maximum absolute atomic E-state index is 4.97. The lowest BCUT2D eigenvalue weighted by molar-refractivity contribution is 0.199. The first-order valence-corrected chi connectivity index (χ1v) is 6.33. The molecule has 2 aromatic rings. The lowest BCUT2D eigenvalue weighted by Crippen LogP contribution is -2.19.